The number of H-pyrrole nitrogens is 1. The minimum absolute atomic E-state index is 0.102. The van der Waals surface area contributed by atoms with Crippen molar-refractivity contribution in [1.29, 1.82) is 0 Å². The van der Waals surface area contributed by atoms with E-state index in [1.54, 1.807) is 0 Å². The third-order valence-corrected chi connectivity index (χ3v) is 6.05. The molecule has 4 aromatic rings. The van der Waals surface area contributed by atoms with Crippen LogP contribution in [-0.4, -0.2) is 9.97 Å². The van der Waals surface area contributed by atoms with Crippen LogP contribution in [0.25, 0.3) is 32.7 Å². The summed E-state index contributed by atoms with van der Waals surface area (Å²) in [7, 11) is 0. The molecule has 136 valence electrons. The Hall–Kier alpha value is -2.38. The Morgan fingerprint density at radius 3 is 2.37 bits per heavy atom. The van der Waals surface area contributed by atoms with Gasteiger partial charge in [0.05, 0.1) is 10.9 Å². The van der Waals surface area contributed by atoms with E-state index in [1.807, 2.05) is 31.2 Å². The highest BCUT2D eigenvalue weighted by atomic mass is 79.9. The Labute approximate surface area is 165 Å². The SMILES string of the molecule is CCc1sc2nc(-c3c(F)cccc3F)[nH]c(=O)c2c1-c1ccc(Br)cc1. The van der Waals surface area contributed by atoms with Gasteiger partial charge in [-0.3, -0.25) is 4.79 Å². The third-order valence-electron chi connectivity index (χ3n) is 4.29. The fourth-order valence-corrected chi connectivity index (χ4v) is 4.47. The summed E-state index contributed by atoms with van der Waals surface area (Å²) in [4.78, 5) is 21.2. The van der Waals surface area contributed by atoms with Crippen molar-refractivity contribution in [3.63, 3.8) is 0 Å². The van der Waals surface area contributed by atoms with E-state index < -0.39 is 17.2 Å². The van der Waals surface area contributed by atoms with E-state index in [2.05, 4.69) is 25.9 Å². The Balaban J connectivity index is 2.01. The number of hydrogen-bond donors (Lipinski definition) is 1. The molecule has 2 aromatic carbocycles. The van der Waals surface area contributed by atoms with Crippen LogP contribution >= 0.6 is 27.3 Å². The van der Waals surface area contributed by atoms with Crippen molar-refractivity contribution < 1.29 is 8.78 Å². The second-order valence-corrected chi connectivity index (χ2v) is 7.95. The Kier molecular flexibility index (Phi) is 4.65. The lowest BCUT2D eigenvalue weighted by atomic mass is 10.0. The van der Waals surface area contributed by atoms with Crippen molar-refractivity contribution in [1.82, 2.24) is 9.97 Å². The maximum Gasteiger partial charge on any atom is 0.260 e. The van der Waals surface area contributed by atoms with Crippen molar-refractivity contribution in [3.05, 3.63) is 73.8 Å². The molecule has 0 bridgehead atoms. The van der Waals surface area contributed by atoms with Crippen LogP contribution in [0, 0.1) is 11.6 Å². The summed E-state index contributed by atoms with van der Waals surface area (Å²) in [6.07, 6.45) is 0.718. The number of aromatic amines is 1. The summed E-state index contributed by atoms with van der Waals surface area (Å²) >= 11 is 4.78. The Morgan fingerprint density at radius 2 is 1.74 bits per heavy atom. The largest absolute Gasteiger partial charge is 0.306 e. The maximum absolute atomic E-state index is 14.1. The van der Waals surface area contributed by atoms with Crippen LogP contribution in [0.5, 0.6) is 0 Å². The second-order valence-electron chi connectivity index (χ2n) is 5.95. The molecule has 0 spiro atoms. The Bertz CT molecular complexity index is 1200. The van der Waals surface area contributed by atoms with Crippen LogP contribution in [0.15, 0.2) is 51.7 Å². The molecule has 7 heteroatoms. The van der Waals surface area contributed by atoms with Gasteiger partial charge in [-0.25, -0.2) is 13.8 Å². The first-order valence-corrected chi connectivity index (χ1v) is 9.86. The molecule has 0 unspecified atom stereocenters. The predicted octanol–water partition coefficient (Wildman–Crippen LogP) is 5.92. The van der Waals surface area contributed by atoms with Crippen LogP contribution in [0.1, 0.15) is 11.8 Å². The molecule has 2 aromatic heterocycles. The zero-order chi connectivity index (χ0) is 19.1. The number of fused-ring (bicyclic) bond motifs is 1. The van der Waals surface area contributed by atoms with Gasteiger partial charge in [-0.2, -0.15) is 0 Å². The highest BCUT2D eigenvalue weighted by molar-refractivity contribution is 9.10. The molecular formula is C20H13BrF2N2OS. The average Bonchev–Trinajstić information content (AvgIpc) is 3.01. The van der Waals surface area contributed by atoms with Gasteiger partial charge in [0.1, 0.15) is 22.3 Å². The molecule has 0 fully saturated rings. The molecule has 4 rings (SSSR count). The molecule has 0 atom stereocenters. The topological polar surface area (TPSA) is 45.8 Å². The van der Waals surface area contributed by atoms with E-state index in [9.17, 15) is 13.6 Å². The van der Waals surface area contributed by atoms with Gasteiger partial charge in [0.25, 0.3) is 5.56 Å². The summed E-state index contributed by atoms with van der Waals surface area (Å²) in [6, 6.07) is 11.2. The number of hydrogen-bond acceptors (Lipinski definition) is 3. The molecule has 0 amide bonds. The number of nitrogens with zero attached hydrogens (tertiary/aromatic N) is 1. The monoisotopic (exact) mass is 446 g/mol. The summed E-state index contributed by atoms with van der Waals surface area (Å²) in [6.45, 7) is 2.00. The van der Waals surface area contributed by atoms with Gasteiger partial charge in [-0.1, -0.05) is 41.1 Å². The van der Waals surface area contributed by atoms with Crippen molar-refractivity contribution in [3.8, 4) is 22.5 Å². The first-order chi connectivity index (χ1) is 13.0. The van der Waals surface area contributed by atoms with E-state index >= 15 is 0 Å². The van der Waals surface area contributed by atoms with Gasteiger partial charge in [0.15, 0.2) is 0 Å². The van der Waals surface area contributed by atoms with Crippen molar-refractivity contribution in [2.24, 2.45) is 0 Å². The van der Waals surface area contributed by atoms with Crippen LogP contribution in [0.3, 0.4) is 0 Å². The lowest BCUT2D eigenvalue weighted by Crippen LogP contribution is -2.10. The van der Waals surface area contributed by atoms with Gasteiger partial charge in [-0.05, 0) is 36.2 Å². The van der Waals surface area contributed by atoms with Gasteiger partial charge in [0.2, 0.25) is 0 Å². The smallest absolute Gasteiger partial charge is 0.260 e. The number of nitrogens with one attached hydrogen (secondary N) is 1. The highest BCUT2D eigenvalue weighted by Crippen LogP contribution is 2.37. The lowest BCUT2D eigenvalue weighted by Gasteiger charge is -2.05. The number of benzene rings is 2. The quantitative estimate of drug-likeness (QED) is 0.424. The average molecular weight is 447 g/mol. The van der Waals surface area contributed by atoms with Crippen molar-refractivity contribution >= 4 is 37.5 Å². The highest BCUT2D eigenvalue weighted by Gasteiger charge is 2.20. The molecule has 0 aliphatic heterocycles. The van der Waals surface area contributed by atoms with Crippen LogP contribution in [0.2, 0.25) is 0 Å². The minimum atomic E-state index is -0.766. The molecular weight excluding hydrogens is 434 g/mol. The molecule has 1 N–H and O–H groups in total. The van der Waals surface area contributed by atoms with Crippen LogP contribution in [-0.2, 0) is 6.42 Å². The molecule has 0 radical (unpaired) electrons. The van der Waals surface area contributed by atoms with E-state index in [4.69, 9.17) is 0 Å². The molecule has 3 nitrogen and oxygen atoms in total. The van der Waals surface area contributed by atoms with Crippen molar-refractivity contribution in [2.75, 3.05) is 0 Å². The van der Waals surface area contributed by atoms with Crippen LogP contribution < -0.4 is 5.56 Å². The van der Waals surface area contributed by atoms with Crippen molar-refractivity contribution in [2.45, 2.75) is 13.3 Å². The van der Waals surface area contributed by atoms with Crippen LogP contribution in [0.4, 0.5) is 8.78 Å². The molecule has 0 aliphatic carbocycles. The molecule has 0 saturated heterocycles. The Morgan fingerprint density at radius 1 is 1.07 bits per heavy atom. The van der Waals surface area contributed by atoms with E-state index in [1.165, 1.54) is 17.4 Å². The first kappa shape index (κ1) is 18.0. The lowest BCUT2D eigenvalue weighted by molar-refractivity contribution is 0.587. The predicted molar refractivity (Wildman–Crippen MR) is 108 cm³/mol. The molecule has 0 saturated carbocycles. The van der Waals surface area contributed by atoms with Gasteiger partial charge >= 0.3 is 0 Å². The summed E-state index contributed by atoms with van der Waals surface area (Å²) < 4.78 is 29.2. The minimum Gasteiger partial charge on any atom is -0.306 e. The second kappa shape index (κ2) is 6.98. The van der Waals surface area contributed by atoms with Gasteiger partial charge < -0.3 is 4.98 Å². The molecule has 2 heterocycles. The fourth-order valence-electron chi connectivity index (χ4n) is 3.07. The van der Waals surface area contributed by atoms with E-state index in [0.717, 1.165) is 39.0 Å². The summed E-state index contributed by atoms with van der Waals surface area (Å²) in [5.74, 6) is -1.63. The maximum atomic E-state index is 14.1. The number of aromatic nitrogens is 2. The number of halogens is 3. The van der Waals surface area contributed by atoms with Gasteiger partial charge in [0, 0.05) is 14.9 Å². The third kappa shape index (κ3) is 3.11. The molecule has 0 aliphatic rings. The molecule has 27 heavy (non-hydrogen) atoms. The number of thiophene rings is 1. The normalized spacial score (nSPS) is 11.3. The summed E-state index contributed by atoms with van der Waals surface area (Å²) in [5, 5.41) is 0.444. The summed E-state index contributed by atoms with van der Waals surface area (Å²) in [5.41, 5.74) is 0.984. The fraction of sp³-hybridized carbons (Fsp3) is 0.100. The zero-order valence-corrected chi connectivity index (χ0v) is 16.5. The standard InChI is InChI=1S/C20H13BrF2N2OS/c1-2-14-15(10-6-8-11(21)9-7-10)17-19(26)24-18(25-20(17)27-14)16-12(22)4-3-5-13(16)23/h3-9H,2H2,1H3,(H,24,25,26). The van der Waals surface area contributed by atoms with Gasteiger partial charge in [-0.15, -0.1) is 11.3 Å². The van der Waals surface area contributed by atoms with E-state index in [-0.39, 0.29) is 11.4 Å². The van der Waals surface area contributed by atoms with E-state index in [0.29, 0.717) is 10.2 Å². The number of aryl methyl sites for hydroxylation is 1. The first-order valence-electron chi connectivity index (χ1n) is 8.25. The number of rotatable bonds is 3. The zero-order valence-electron chi connectivity index (χ0n) is 14.1.